The number of fused-ring (bicyclic) bond motifs is 1. The van der Waals surface area contributed by atoms with Crippen LogP contribution in [0.25, 0.3) is 0 Å². The van der Waals surface area contributed by atoms with Gasteiger partial charge in [0.25, 0.3) is 5.91 Å². The van der Waals surface area contributed by atoms with Crippen molar-refractivity contribution in [2.24, 2.45) is 11.8 Å². The van der Waals surface area contributed by atoms with Gasteiger partial charge in [0, 0.05) is 31.5 Å². The maximum absolute atomic E-state index is 13.7. The summed E-state index contributed by atoms with van der Waals surface area (Å²) in [7, 11) is 3.71. The highest BCUT2D eigenvalue weighted by molar-refractivity contribution is 6.02. The van der Waals surface area contributed by atoms with Gasteiger partial charge in [0.2, 0.25) is 5.91 Å². The number of nitrogens with zero attached hydrogens (tertiary/aromatic N) is 2. The van der Waals surface area contributed by atoms with Gasteiger partial charge in [-0.15, -0.1) is 0 Å². The molecule has 8 heteroatoms. The molecule has 1 aliphatic carbocycles. The summed E-state index contributed by atoms with van der Waals surface area (Å²) in [5.74, 6) is 0.989. The van der Waals surface area contributed by atoms with Gasteiger partial charge in [0.05, 0.1) is 31.0 Å². The zero-order chi connectivity index (χ0) is 27.9. The van der Waals surface area contributed by atoms with Gasteiger partial charge in [-0.3, -0.25) is 14.5 Å². The molecular weight excluding hydrogens is 494 g/mol. The molecule has 2 amide bonds. The molecule has 0 spiro atoms. The standard InChI is InChI=1S/C31H43N3O5/c1-21-17-34(22(2)20-35)31(37)26-11-8-12-27(32-30(36)24-9-6-5-7-10-24)29(26)39-28(21)19-33(3)18-23-13-15-25(38-4)16-14-23/h8,11-16,21-22,24,28,35H,5-7,9-10,17-20H2,1-4H3,(H,32,36)/t21-,22+,28+/m0/s1. The van der Waals surface area contributed by atoms with E-state index in [1.807, 2.05) is 25.1 Å². The van der Waals surface area contributed by atoms with Gasteiger partial charge in [0.1, 0.15) is 11.9 Å². The Bertz CT molecular complexity index is 1120. The quantitative estimate of drug-likeness (QED) is 0.487. The van der Waals surface area contributed by atoms with E-state index in [0.717, 1.165) is 43.5 Å². The number of nitrogens with one attached hydrogen (secondary N) is 1. The maximum atomic E-state index is 13.7. The Balaban J connectivity index is 1.61. The molecule has 3 atom stereocenters. The number of anilines is 1. The van der Waals surface area contributed by atoms with Crippen molar-refractivity contribution in [3.63, 3.8) is 0 Å². The molecule has 1 saturated carbocycles. The van der Waals surface area contributed by atoms with Crippen LogP contribution < -0.4 is 14.8 Å². The lowest BCUT2D eigenvalue weighted by Gasteiger charge is -2.38. The van der Waals surface area contributed by atoms with Crippen LogP contribution in [0.3, 0.4) is 0 Å². The van der Waals surface area contributed by atoms with E-state index in [4.69, 9.17) is 9.47 Å². The lowest BCUT2D eigenvalue weighted by Crippen LogP contribution is -2.49. The molecule has 0 aromatic heterocycles. The van der Waals surface area contributed by atoms with Crippen LogP contribution in [-0.4, -0.2) is 72.7 Å². The maximum Gasteiger partial charge on any atom is 0.258 e. The Morgan fingerprint density at radius 2 is 1.90 bits per heavy atom. The van der Waals surface area contributed by atoms with E-state index in [0.29, 0.717) is 30.1 Å². The van der Waals surface area contributed by atoms with Gasteiger partial charge >= 0.3 is 0 Å². The molecular formula is C31H43N3O5. The monoisotopic (exact) mass is 537 g/mol. The first-order valence-corrected chi connectivity index (χ1v) is 14.1. The Kier molecular flexibility index (Phi) is 9.86. The van der Waals surface area contributed by atoms with E-state index in [1.165, 1.54) is 6.42 Å². The minimum Gasteiger partial charge on any atom is -0.497 e. The SMILES string of the molecule is COc1ccc(CN(C)C[C@H]2Oc3c(NC(=O)C4CCCCC4)cccc3C(=O)N([C@H](C)CO)C[C@@H]2C)cc1. The molecule has 0 unspecified atom stereocenters. The second-order valence-electron chi connectivity index (χ2n) is 11.2. The number of aliphatic hydroxyl groups excluding tert-OH is 1. The van der Waals surface area contributed by atoms with Gasteiger partial charge in [0.15, 0.2) is 5.75 Å². The van der Waals surface area contributed by atoms with Crippen molar-refractivity contribution in [3.8, 4) is 11.5 Å². The van der Waals surface area contributed by atoms with Crippen LogP contribution in [0.5, 0.6) is 11.5 Å². The molecule has 2 N–H and O–H groups in total. The van der Waals surface area contributed by atoms with E-state index in [1.54, 1.807) is 24.1 Å². The minimum absolute atomic E-state index is 0.0111. The highest BCUT2D eigenvalue weighted by Gasteiger charge is 2.35. The lowest BCUT2D eigenvalue weighted by atomic mass is 9.88. The third-order valence-electron chi connectivity index (χ3n) is 8.03. The number of rotatable bonds is 9. The molecule has 212 valence electrons. The summed E-state index contributed by atoms with van der Waals surface area (Å²) in [6.45, 7) is 5.59. The Labute approximate surface area is 232 Å². The largest absolute Gasteiger partial charge is 0.497 e. The average molecular weight is 538 g/mol. The van der Waals surface area contributed by atoms with Gasteiger partial charge < -0.3 is 24.8 Å². The zero-order valence-corrected chi connectivity index (χ0v) is 23.7. The third-order valence-corrected chi connectivity index (χ3v) is 8.03. The second-order valence-corrected chi connectivity index (χ2v) is 11.2. The predicted octanol–water partition coefficient (Wildman–Crippen LogP) is 4.57. The lowest BCUT2D eigenvalue weighted by molar-refractivity contribution is -0.120. The molecule has 8 nitrogen and oxygen atoms in total. The van der Waals surface area contributed by atoms with E-state index in [2.05, 4.69) is 36.3 Å². The molecule has 1 fully saturated rings. The fraction of sp³-hybridized carbons (Fsp3) is 0.548. The van der Waals surface area contributed by atoms with Crippen LogP contribution in [0.15, 0.2) is 42.5 Å². The Hall–Kier alpha value is -3.10. The number of hydrogen-bond donors (Lipinski definition) is 2. The first kappa shape index (κ1) is 28.9. The summed E-state index contributed by atoms with van der Waals surface area (Å²) in [6, 6.07) is 13.0. The number of likely N-dealkylation sites (N-methyl/N-ethyl adjacent to an activating group) is 1. The summed E-state index contributed by atoms with van der Waals surface area (Å²) >= 11 is 0. The number of aliphatic hydroxyl groups is 1. The molecule has 1 heterocycles. The van der Waals surface area contributed by atoms with Crippen LogP contribution in [-0.2, 0) is 11.3 Å². The molecule has 0 radical (unpaired) electrons. The topological polar surface area (TPSA) is 91.3 Å². The van der Waals surface area contributed by atoms with Crippen molar-refractivity contribution >= 4 is 17.5 Å². The molecule has 0 saturated heterocycles. The summed E-state index contributed by atoms with van der Waals surface area (Å²) < 4.78 is 11.9. The van der Waals surface area contributed by atoms with Gasteiger partial charge in [-0.1, -0.05) is 44.4 Å². The highest BCUT2D eigenvalue weighted by Crippen LogP contribution is 2.36. The third kappa shape index (κ3) is 7.11. The number of ether oxygens (including phenoxy) is 2. The molecule has 2 aliphatic rings. The van der Waals surface area contributed by atoms with E-state index in [-0.39, 0.29) is 42.4 Å². The molecule has 2 aromatic carbocycles. The van der Waals surface area contributed by atoms with Crippen molar-refractivity contribution in [2.75, 3.05) is 39.2 Å². The first-order chi connectivity index (χ1) is 18.8. The predicted molar refractivity (Wildman–Crippen MR) is 152 cm³/mol. The average Bonchev–Trinajstić information content (AvgIpc) is 2.95. The highest BCUT2D eigenvalue weighted by atomic mass is 16.5. The van der Waals surface area contributed by atoms with E-state index < -0.39 is 0 Å². The van der Waals surface area contributed by atoms with Gasteiger partial charge in [-0.2, -0.15) is 0 Å². The molecule has 39 heavy (non-hydrogen) atoms. The smallest absolute Gasteiger partial charge is 0.258 e. The van der Waals surface area contributed by atoms with Crippen molar-refractivity contribution in [3.05, 3.63) is 53.6 Å². The van der Waals surface area contributed by atoms with Gasteiger partial charge in [-0.25, -0.2) is 0 Å². The number of methoxy groups -OCH3 is 1. The summed E-state index contributed by atoms with van der Waals surface area (Å²) in [4.78, 5) is 30.8. The van der Waals surface area contributed by atoms with Gasteiger partial charge in [-0.05, 0) is 56.6 Å². The molecule has 1 aliphatic heterocycles. The van der Waals surface area contributed by atoms with E-state index >= 15 is 0 Å². The number of carbonyl (C=O) groups is 2. The van der Waals surface area contributed by atoms with Crippen LogP contribution in [0.2, 0.25) is 0 Å². The van der Waals surface area contributed by atoms with Crippen molar-refractivity contribution in [1.82, 2.24) is 9.80 Å². The number of amides is 2. The van der Waals surface area contributed by atoms with Crippen LogP contribution in [0.4, 0.5) is 5.69 Å². The van der Waals surface area contributed by atoms with Crippen molar-refractivity contribution in [1.29, 1.82) is 0 Å². The molecule has 4 rings (SSSR count). The minimum atomic E-state index is -0.343. The van der Waals surface area contributed by atoms with Crippen molar-refractivity contribution < 1.29 is 24.2 Å². The van der Waals surface area contributed by atoms with Crippen LogP contribution in [0.1, 0.15) is 61.9 Å². The van der Waals surface area contributed by atoms with Crippen LogP contribution >= 0.6 is 0 Å². The summed E-state index contributed by atoms with van der Waals surface area (Å²) in [6.07, 6.45) is 4.82. The zero-order valence-electron chi connectivity index (χ0n) is 23.7. The number of benzene rings is 2. The fourth-order valence-electron chi connectivity index (χ4n) is 5.57. The van der Waals surface area contributed by atoms with Crippen LogP contribution in [0, 0.1) is 11.8 Å². The Morgan fingerprint density at radius 3 is 2.56 bits per heavy atom. The molecule has 0 bridgehead atoms. The fourth-order valence-corrected chi connectivity index (χ4v) is 5.57. The van der Waals surface area contributed by atoms with Crippen molar-refractivity contribution in [2.45, 2.75) is 64.6 Å². The summed E-state index contributed by atoms with van der Waals surface area (Å²) in [5.41, 5.74) is 2.10. The summed E-state index contributed by atoms with van der Waals surface area (Å²) in [5, 5.41) is 13.0. The van der Waals surface area contributed by atoms with E-state index in [9.17, 15) is 14.7 Å². The number of hydrogen-bond acceptors (Lipinski definition) is 6. The normalized spacial score (nSPS) is 21.0. The second kappa shape index (κ2) is 13.3. The first-order valence-electron chi connectivity index (χ1n) is 14.1. The molecule has 2 aromatic rings. The Morgan fingerprint density at radius 1 is 1.18 bits per heavy atom. The number of carbonyl (C=O) groups excluding carboxylic acids is 2. The number of para-hydroxylation sites is 1.